The number of urea groups is 1. The summed E-state index contributed by atoms with van der Waals surface area (Å²) >= 11 is 0. The summed E-state index contributed by atoms with van der Waals surface area (Å²) in [5.41, 5.74) is -0.706. The summed E-state index contributed by atoms with van der Waals surface area (Å²) in [6.45, 7) is 2.87. The second kappa shape index (κ2) is 5.35. The smallest absolute Gasteiger partial charge is 0.315 e. The van der Waals surface area contributed by atoms with E-state index in [2.05, 4.69) is 10.6 Å². The van der Waals surface area contributed by atoms with E-state index in [0.29, 0.717) is 12.8 Å². The van der Waals surface area contributed by atoms with Gasteiger partial charge in [0.25, 0.3) is 0 Å². The molecule has 17 heavy (non-hydrogen) atoms. The fraction of sp³-hybridized carbons (Fsp3) is 0.818. The molecule has 6 heteroatoms. The lowest BCUT2D eigenvalue weighted by molar-refractivity contribution is -0.143. The Morgan fingerprint density at radius 1 is 1.41 bits per heavy atom. The Morgan fingerprint density at radius 3 is 2.41 bits per heavy atom. The molecule has 1 rings (SSSR count). The zero-order valence-corrected chi connectivity index (χ0v) is 10.6. The zero-order chi connectivity index (χ0) is 13.1. The highest BCUT2D eigenvalue weighted by Gasteiger charge is 2.50. The average Bonchev–Trinajstić information content (AvgIpc) is 2.93. The third-order valence-electron chi connectivity index (χ3n) is 2.91. The molecule has 0 radical (unpaired) electrons. The SMILES string of the molecule is CC(CN(C)C)NC(=O)NCC1(C(=O)O)CC1. The van der Waals surface area contributed by atoms with Gasteiger partial charge < -0.3 is 20.6 Å². The van der Waals surface area contributed by atoms with Crippen LogP contribution in [0.15, 0.2) is 0 Å². The van der Waals surface area contributed by atoms with Gasteiger partial charge in [0, 0.05) is 19.1 Å². The highest BCUT2D eigenvalue weighted by molar-refractivity contribution is 5.80. The van der Waals surface area contributed by atoms with Crippen molar-refractivity contribution in [2.75, 3.05) is 27.2 Å². The third kappa shape index (κ3) is 4.22. The minimum Gasteiger partial charge on any atom is -0.481 e. The summed E-state index contributed by atoms with van der Waals surface area (Å²) in [5, 5.41) is 14.3. The average molecular weight is 243 g/mol. The van der Waals surface area contributed by atoms with E-state index in [1.165, 1.54) is 0 Å². The fourth-order valence-corrected chi connectivity index (χ4v) is 1.73. The van der Waals surface area contributed by atoms with Crippen LogP contribution in [-0.2, 0) is 4.79 Å². The van der Waals surface area contributed by atoms with Crippen molar-refractivity contribution in [2.45, 2.75) is 25.8 Å². The van der Waals surface area contributed by atoms with Crippen molar-refractivity contribution < 1.29 is 14.7 Å². The maximum atomic E-state index is 11.5. The number of likely N-dealkylation sites (N-methyl/N-ethyl adjacent to an activating group) is 1. The van der Waals surface area contributed by atoms with Gasteiger partial charge in [-0.2, -0.15) is 0 Å². The summed E-state index contributed by atoms with van der Waals surface area (Å²) in [5.74, 6) is -0.820. The van der Waals surface area contributed by atoms with Gasteiger partial charge in [0.15, 0.2) is 0 Å². The van der Waals surface area contributed by atoms with E-state index < -0.39 is 11.4 Å². The van der Waals surface area contributed by atoms with Crippen LogP contribution in [0.4, 0.5) is 4.79 Å². The molecule has 1 unspecified atom stereocenters. The van der Waals surface area contributed by atoms with Gasteiger partial charge in [0.2, 0.25) is 0 Å². The molecule has 1 saturated carbocycles. The summed E-state index contributed by atoms with van der Waals surface area (Å²) in [4.78, 5) is 24.4. The monoisotopic (exact) mass is 243 g/mol. The molecule has 3 N–H and O–H groups in total. The van der Waals surface area contributed by atoms with Crippen molar-refractivity contribution in [3.8, 4) is 0 Å². The van der Waals surface area contributed by atoms with Gasteiger partial charge in [0.05, 0.1) is 5.41 Å². The summed E-state index contributed by atoms with van der Waals surface area (Å²) in [6.07, 6.45) is 1.30. The van der Waals surface area contributed by atoms with E-state index in [9.17, 15) is 9.59 Å². The molecule has 1 fully saturated rings. The number of aliphatic carboxylic acids is 1. The van der Waals surface area contributed by atoms with Gasteiger partial charge in [-0.05, 0) is 33.9 Å². The Hall–Kier alpha value is -1.30. The minimum absolute atomic E-state index is 0.0324. The largest absolute Gasteiger partial charge is 0.481 e. The van der Waals surface area contributed by atoms with E-state index in [1.807, 2.05) is 25.9 Å². The number of amides is 2. The molecule has 0 aromatic carbocycles. The Bertz CT molecular complexity index is 300. The van der Waals surface area contributed by atoms with E-state index >= 15 is 0 Å². The molecular formula is C11H21N3O3. The van der Waals surface area contributed by atoms with Crippen molar-refractivity contribution >= 4 is 12.0 Å². The van der Waals surface area contributed by atoms with E-state index in [1.54, 1.807) is 0 Å². The number of nitrogens with zero attached hydrogens (tertiary/aromatic N) is 1. The standard InChI is InChI=1S/C11H21N3O3/c1-8(6-14(2)3)13-10(17)12-7-11(4-5-11)9(15)16/h8H,4-7H2,1-3H3,(H,15,16)(H2,12,13,17). The molecule has 1 aliphatic rings. The number of carbonyl (C=O) groups excluding carboxylic acids is 1. The zero-order valence-electron chi connectivity index (χ0n) is 10.6. The molecule has 0 bridgehead atoms. The molecule has 0 aromatic heterocycles. The second-order valence-electron chi connectivity index (χ2n) is 5.08. The molecule has 6 nitrogen and oxygen atoms in total. The quantitative estimate of drug-likeness (QED) is 0.618. The number of carbonyl (C=O) groups is 2. The van der Waals surface area contributed by atoms with Crippen LogP contribution in [0.1, 0.15) is 19.8 Å². The van der Waals surface area contributed by atoms with E-state index in [-0.39, 0.29) is 18.6 Å². The van der Waals surface area contributed by atoms with Crippen LogP contribution in [0.3, 0.4) is 0 Å². The maximum absolute atomic E-state index is 11.5. The van der Waals surface area contributed by atoms with Crippen LogP contribution in [0, 0.1) is 5.41 Å². The molecule has 0 aliphatic heterocycles. The lowest BCUT2D eigenvalue weighted by atomic mass is 10.1. The molecule has 1 atom stereocenters. The van der Waals surface area contributed by atoms with Gasteiger partial charge in [-0.15, -0.1) is 0 Å². The van der Waals surface area contributed by atoms with Crippen LogP contribution in [0.2, 0.25) is 0 Å². The van der Waals surface area contributed by atoms with Gasteiger partial charge in [-0.3, -0.25) is 4.79 Å². The molecule has 2 amide bonds. The highest BCUT2D eigenvalue weighted by Crippen LogP contribution is 2.45. The van der Waals surface area contributed by atoms with E-state index in [4.69, 9.17) is 5.11 Å². The maximum Gasteiger partial charge on any atom is 0.315 e. The van der Waals surface area contributed by atoms with Gasteiger partial charge in [-0.1, -0.05) is 0 Å². The molecule has 0 saturated heterocycles. The van der Waals surface area contributed by atoms with Crippen LogP contribution in [-0.4, -0.2) is 55.2 Å². The Morgan fingerprint density at radius 2 is 2.00 bits per heavy atom. The van der Waals surface area contributed by atoms with Crippen LogP contribution in [0.5, 0.6) is 0 Å². The van der Waals surface area contributed by atoms with E-state index in [0.717, 1.165) is 6.54 Å². The van der Waals surface area contributed by atoms with Crippen molar-refractivity contribution in [3.63, 3.8) is 0 Å². The first-order valence-electron chi connectivity index (χ1n) is 5.78. The lowest BCUT2D eigenvalue weighted by Crippen LogP contribution is -2.46. The molecule has 98 valence electrons. The Labute approximate surface area is 101 Å². The van der Waals surface area contributed by atoms with Crippen LogP contribution in [0.25, 0.3) is 0 Å². The van der Waals surface area contributed by atoms with Crippen molar-refractivity contribution in [1.82, 2.24) is 15.5 Å². The first-order valence-corrected chi connectivity index (χ1v) is 5.78. The van der Waals surface area contributed by atoms with Crippen molar-refractivity contribution in [3.05, 3.63) is 0 Å². The van der Waals surface area contributed by atoms with Crippen LogP contribution >= 0.6 is 0 Å². The van der Waals surface area contributed by atoms with Crippen LogP contribution < -0.4 is 10.6 Å². The van der Waals surface area contributed by atoms with Gasteiger partial charge >= 0.3 is 12.0 Å². The number of hydrogen-bond acceptors (Lipinski definition) is 3. The third-order valence-corrected chi connectivity index (χ3v) is 2.91. The van der Waals surface area contributed by atoms with Gasteiger partial charge in [0.1, 0.15) is 0 Å². The normalized spacial score (nSPS) is 18.6. The summed E-state index contributed by atoms with van der Waals surface area (Å²) < 4.78 is 0. The fourth-order valence-electron chi connectivity index (χ4n) is 1.73. The molecule has 0 aromatic rings. The summed E-state index contributed by atoms with van der Waals surface area (Å²) in [7, 11) is 3.86. The number of rotatable bonds is 6. The molecular weight excluding hydrogens is 222 g/mol. The summed E-state index contributed by atoms with van der Waals surface area (Å²) in [6, 6.07) is -0.267. The Kier molecular flexibility index (Phi) is 4.34. The topological polar surface area (TPSA) is 81.7 Å². The first-order chi connectivity index (χ1) is 7.85. The Balaban J connectivity index is 2.24. The molecule has 0 heterocycles. The number of carboxylic acid groups (broad SMARTS) is 1. The number of hydrogen-bond donors (Lipinski definition) is 3. The number of nitrogens with one attached hydrogen (secondary N) is 2. The first kappa shape index (κ1) is 13.8. The predicted octanol–water partition coefficient (Wildman–Crippen LogP) is 0.101. The van der Waals surface area contributed by atoms with Crippen molar-refractivity contribution in [1.29, 1.82) is 0 Å². The van der Waals surface area contributed by atoms with Crippen molar-refractivity contribution in [2.24, 2.45) is 5.41 Å². The molecule has 1 aliphatic carbocycles. The lowest BCUT2D eigenvalue weighted by Gasteiger charge is -2.19. The highest BCUT2D eigenvalue weighted by atomic mass is 16.4. The number of carboxylic acids is 1. The van der Waals surface area contributed by atoms with Gasteiger partial charge in [-0.25, -0.2) is 4.79 Å². The predicted molar refractivity (Wildman–Crippen MR) is 63.9 cm³/mol. The minimum atomic E-state index is -0.820. The second-order valence-corrected chi connectivity index (χ2v) is 5.08. The molecule has 0 spiro atoms.